The van der Waals surface area contributed by atoms with E-state index in [9.17, 15) is 14.4 Å². The van der Waals surface area contributed by atoms with Crippen molar-refractivity contribution in [3.63, 3.8) is 0 Å². The maximum Gasteiger partial charge on any atom is 0.273 e. The van der Waals surface area contributed by atoms with Crippen LogP contribution in [0, 0.1) is 0 Å². The number of nitrogen functional groups attached to an aromatic ring is 1. The molecule has 3 amide bonds. The standard InChI is InChI=1S/C26H29N5O5S/c1-35-18-11-7-15(8-12-18)22(25(33)29-16-5-3-4-6-16)31(17-9-13-19(36-2)14-10-17)26(34)23-20(27)21(24(28)32)30-37-23/h7-14,16,22H,3-6,27H2,1-2H3,(H2,28,32)(H,29,33). The van der Waals surface area contributed by atoms with Crippen molar-refractivity contribution in [1.82, 2.24) is 9.69 Å². The topological polar surface area (TPSA) is 150 Å². The van der Waals surface area contributed by atoms with Gasteiger partial charge in [0.05, 0.1) is 19.9 Å². The highest BCUT2D eigenvalue weighted by Gasteiger charge is 2.37. The molecule has 1 fully saturated rings. The minimum atomic E-state index is -1.05. The molecule has 0 saturated heterocycles. The molecule has 0 bridgehead atoms. The van der Waals surface area contributed by atoms with E-state index in [0.29, 0.717) is 22.7 Å². The molecule has 3 aromatic rings. The van der Waals surface area contributed by atoms with Crippen molar-refractivity contribution in [3.05, 3.63) is 64.7 Å². The van der Waals surface area contributed by atoms with E-state index < -0.39 is 17.9 Å². The second kappa shape index (κ2) is 11.3. The van der Waals surface area contributed by atoms with Crippen LogP contribution in [0.15, 0.2) is 48.5 Å². The summed E-state index contributed by atoms with van der Waals surface area (Å²) in [5, 5.41) is 3.12. The van der Waals surface area contributed by atoms with Crippen molar-refractivity contribution < 1.29 is 23.9 Å². The van der Waals surface area contributed by atoms with Gasteiger partial charge in [-0.1, -0.05) is 25.0 Å². The van der Waals surface area contributed by atoms with E-state index in [1.807, 2.05) is 0 Å². The summed E-state index contributed by atoms with van der Waals surface area (Å²) in [7, 11) is 3.09. The monoisotopic (exact) mass is 523 g/mol. The summed E-state index contributed by atoms with van der Waals surface area (Å²) in [6, 6.07) is 12.7. The van der Waals surface area contributed by atoms with Crippen LogP contribution in [0.3, 0.4) is 0 Å². The third kappa shape index (κ3) is 5.51. The van der Waals surface area contributed by atoms with Gasteiger partial charge in [-0.15, -0.1) is 0 Å². The Labute approximate surface area is 218 Å². The van der Waals surface area contributed by atoms with Gasteiger partial charge in [0.1, 0.15) is 22.4 Å². The third-order valence-electron chi connectivity index (χ3n) is 6.36. The third-order valence-corrected chi connectivity index (χ3v) is 7.22. The van der Waals surface area contributed by atoms with E-state index in [2.05, 4.69) is 9.69 Å². The first-order valence-corrected chi connectivity index (χ1v) is 12.6. The van der Waals surface area contributed by atoms with Crippen LogP contribution in [0.5, 0.6) is 11.5 Å². The largest absolute Gasteiger partial charge is 0.497 e. The molecule has 1 aliphatic carbocycles. The summed E-state index contributed by atoms with van der Waals surface area (Å²) < 4.78 is 14.5. The summed E-state index contributed by atoms with van der Waals surface area (Å²) in [4.78, 5) is 41.0. The number of primary amides is 1. The van der Waals surface area contributed by atoms with Crippen LogP contribution < -0.4 is 31.2 Å². The number of amides is 3. The van der Waals surface area contributed by atoms with Crippen molar-refractivity contribution in [2.24, 2.45) is 5.73 Å². The molecule has 1 atom stereocenters. The number of nitrogens with zero attached hydrogens (tertiary/aromatic N) is 2. The number of carbonyl (C=O) groups is 3. The number of methoxy groups -OCH3 is 2. The Hall–Kier alpha value is -4.12. The molecule has 1 unspecified atom stereocenters. The van der Waals surface area contributed by atoms with Gasteiger partial charge in [0.25, 0.3) is 11.8 Å². The molecular weight excluding hydrogens is 494 g/mol. The number of nitrogens with one attached hydrogen (secondary N) is 1. The molecule has 37 heavy (non-hydrogen) atoms. The molecule has 0 radical (unpaired) electrons. The average Bonchev–Trinajstić information content (AvgIpc) is 3.56. The second-order valence-corrected chi connectivity index (χ2v) is 9.45. The maximum atomic E-state index is 14.1. The van der Waals surface area contributed by atoms with Gasteiger partial charge in [0.2, 0.25) is 5.91 Å². The second-order valence-electron chi connectivity index (χ2n) is 8.68. The fourth-order valence-corrected chi connectivity index (χ4v) is 5.16. The number of ether oxygens (including phenoxy) is 2. The minimum Gasteiger partial charge on any atom is -0.497 e. The SMILES string of the molecule is COc1ccc(C(C(=O)NC2CCCC2)N(C(=O)c2snc(C(N)=O)c2N)c2ccc(OC)cc2)cc1. The van der Waals surface area contributed by atoms with Crippen LogP contribution in [0.4, 0.5) is 11.4 Å². The summed E-state index contributed by atoms with van der Waals surface area (Å²) >= 11 is 0.763. The highest BCUT2D eigenvalue weighted by Crippen LogP contribution is 2.35. The van der Waals surface area contributed by atoms with Crippen LogP contribution in [-0.2, 0) is 4.79 Å². The molecular formula is C26H29N5O5S. The first-order valence-electron chi connectivity index (χ1n) is 11.8. The van der Waals surface area contributed by atoms with E-state index in [4.69, 9.17) is 20.9 Å². The first-order chi connectivity index (χ1) is 17.8. The number of benzene rings is 2. The van der Waals surface area contributed by atoms with Gasteiger partial charge in [-0.25, -0.2) is 0 Å². The smallest absolute Gasteiger partial charge is 0.273 e. The number of aromatic nitrogens is 1. The van der Waals surface area contributed by atoms with Crippen LogP contribution in [-0.4, -0.2) is 42.4 Å². The summed E-state index contributed by atoms with van der Waals surface area (Å²) in [5.41, 5.74) is 12.2. The van der Waals surface area contributed by atoms with Crippen molar-refractivity contribution in [1.29, 1.82) is 0 Å². The van der Waals surface area contributed by atoms with Crippen LogP contribution in [0.1, 0.15) is 57.4 Å². The Morgan fingerprint density at radius 2 is 1.57 bits per heavy atom. The Kier molecular flexibility index (Phi) is 7.92. The molecule has 1 saturated carbocycles. The van der Waals surface area contributed by atoms with Crippen LogP contribution in [0.25, 0.3) is 0 Å². The van der Waals surface area contributed by atoms with E-state index >= 15 is 0 Å². The van der Waals surface area contributed by atoms with Gasteiger partial charge in [0.15, 0.2) is 5.69 Å². The Morgan fingerprint density at radius 1 is 1.00 bits per heavy atom. The zero-order valence-electron chi connectivity index (χ0n) is 20.6. The Bertz CT molecular complexity index is 1270. The number of nitrogens with two attached hydrogens (primary N) is 2. The highest BCUT2D eigenvalue weighted by atomic mass is 32.1. The average molecular weight is 524 g/mol. The van der Waals surface area contributed by atoms with E-state index in [1.54, 1.807) is 55.6 Å². The lowest BCUT2D eigenvalue weighted by atomic mass is 10.0. The van der Waals surface area contributed by atoms with Gasteiger partial charge in [0, 0.05) is 11.7 Å². The zero-order valence-corrected chi connectivity index (χ0v) is 21.4. The maximum absolute atomic E-state index is 14.1. The van der Waals surface area contributed by atoms with E-state index in [-0.39, 0.29) is 28.2 Å². The van der Waals surface area contributed by atoms with Crippen molar-refractivity contribution >= 4 is 40.6 Å². The van der Waals surface area contributed by atoms with Gasteiger partial charge >= 0.3 is 0 Å². The quantitative estimate of drug-likeness (QED) is 0.389. The first kappa shape index (κ1) is 26.0. The molecule has 0 aliphatic heterocycles. The van der Waals surface area contributed by atoms with Gasteiger partial charge in [-0.3, -0.25) is 19.3 Å². The van der Waals surface area contributed by atoms with Gasteiger partial charge in [-0.2, -0.15) is 4.37 Å². The molecule has 2 aromatic carbocycles. The number of hydrogen-bond donors (Lipinski definition) is 3. The molecule has 11 heteroatoms. The Balaban J connectivity index is 1.84. The Morgan fingerprint density at radius 3 is 2.08 bits per heavy atom. The molecule has 194 valence electrons. The highest BCUT2D eigenvalue weighted by molar-refractivity contribution is 7.09. The predicted octanol–water partition coefficient (Wildman–Crippen LogP) is 3.29. The van der Waals surface area contributed by atoms with E-state index in [1.165, 1.54) is 12.0 Å². The normalized spacial score (nSPS) is 14.1. The van der Waals surface area contributed by atoms with Crippen molar-refractivity contribution in [2.75, 3.05) is 24.9 Å². The lowest BCUT2D eigenvalue weighted by Crippen LogP contribution is -2.46. The number of rotatable bonds is 9. The van der Waals surface area contributed by atoms with Crippen LogP contribution >= 0.6 is 11.5 Å². The number of carbonyl (C=O) groups excluding carboxylic acids is 3. The molecule has 1 aromatic heterocycles. The molecule has 1 heterocycles. The fraction of sp³-hybridized carbons (Fsp3) is 0.308. The minimum absolute atomic E-state index is 0.0109. The zero-order chi connectivity index (χ0) is 26.5. The van der Waals surface area contributed by atoms with Crippen LogP contribution in [0.2, 0.25) is 0 Å². The fourth-order valence-electron chi connectivity index (χ4n) is 4.42. The van der Waals surface area contributed by atoms with Crippen molar-refractivity contribution in [2.45, 2.75) is 37.8 Å². The number of hydrogen-bond acceptors (Lipinski definition) is 8. The summed E-state index contributed by atoms with van der Waals surface area (Å²) in [5.74, 6) is -0.566. The molecule has 5 N–H and O–H groups in total. The molecule has 4 rings (SSSR count). The lowest BCUT2D eigenvalue weighted by Gasteiger charge is -2.32. The van der Waals surface area contributed by atoms with Gasteiger partial charge in [-0.05, 0) is 66.3 Å². The van der Waals surface area contributed by atoms with Crippen molar-refractivity contribution in [3.8, 4) is 11.5 Å². The molecule has 10 nitrogen and oxygen atoms in total. The summed E-state index contributed by atoms with van der Waals surface area (Å²) in [6.45, 7) is 0. The van der Waals surface area contributed by atoms with E-state index in [0.717, 1.165) is 37.2 Å². The predicted molar refractivity (Wildman–Crippen MR) is 141 cm³/mol. The lowest BCUT2D eigenvalue weighted by molar-refractivity contribution is -0.123. The summed E-state index contributed by atoms with van der Waals surface area (Å²) in [6.07, 6.45) is 3.82. The van der Waals surface area contributed by atoms with Gasteiger partial charge < -0.3 is 26.3 Å². The molecule has 0 spiro atoms. The number of anilines is 2. The molecule has 1 aliphatic rings.